The van der Waals surface area contributed by atoms with Crippen LogP contribution in [0.2, 0.25) is 10.0 Å². The zero-order chi connectivity index (χ0) is 19.0. The van der Waals surface area contributed by atoms with Crippen LogP contribution in [0.15, 0.2) is 41.3 Å². The van der Waals surface area contributed by atoms with Gasteiger partial charge in [0.25, 0.3) is 0 Å². The largest absolute Gasteiger partial charge is 0.417 e. The Morgan fingerprint density at radius 2 is 1.76 bits per heavy atom. The van der Waals surface area contributed by atoms with Gasteiger partial charge in [-0.25, -0.2) is 13.6 Å². The number of sulfonamides is 1. The van der Waals surface area contributed by atoms with E-state index in [0.717, 1.165) is 6.07 Å². The van der Waals surface area contributed by atoms with Crippen LogP contribution in [0.5, 0.6) is 0 Å². The molecule has 0 amide bonds. The first-order chi connectivity index (χ1) is 11.4. The van der Waals surface area contributed by atoms with Gasteiger partial charge in [-0.2, -0.15) is 13.2 Å². The molecular formula is C15H13Cl2F3N2O2S. The van der Waals surface area contributed by atoms with E-state index in [4.69, 9.17) is 28.3 Å². The van der Waals surface area contributed by atoms with E-state index in [1.54, 1.807) is 19.1 Å². The number of hydrogen-bond donors (Lipinski definition) is 2. The third-order valence-corrected chi connectivity index (χ3v) is 4.94. The first kappa shape index (κ1) is 19.8. The maximum Gasteiger partial charge on any atom is 0.417 e. The molecule has 0 heterocycles. The van der Waals surface area contributed by atoms with Gasteiger partial charge in [-0.15, -0.1) is 0 Å². The number of hydrogen-bond acceptors (Lipinski definition) is 3. The van der Waals surface area contributed by atoms with Crippen molar-refractivity contribution < 1.29 is 21.6 Å². The molecule has 10 heteroatoms. The van der Waals surface area contributed by atoms with Gasteiger partial charge in [0.15, 0.2) is 0 Å². The van der Waals surface area contributed by atoms with Crippen LogP contribution in [0.3, 0.4) is 0 Å². The molecule has 1 atom stereocenters. The molecule has 2 aromatic rings. The molecule has 0 aliphatic heterocycles. The minimum Gasteiger partial charge on any atom is -0.378 e. The predicted octanol–water partition coefficient (Wildman–Crippen LogP) is 4.83. The number of benzene rings is 2. The van der Waals surface area contributed by atoms with Gasteiger partial charge in [-0.05, 0) is 42.8 Å². The molecule has 0 aromatic heterocycles. The Morgan fingerprint density at radius 3 is 2.28 bits per heavy atom. The van der Waals surface area contributed by atoms with Crippen molar-refractivity contribution in [1.82, 2.24) is 0 Å². The highest BCUT2D eigenvalue weighted by molar-refractivity contribution is 7.89. The lowest BCUT2D eigenvalue weighted by molar-refractivity contribution is -0.139. The monoisotopic (exact) mass is 412 g/mol. The van der Waals surface area contributed by atoms with Crippen LogP contribution >= 0.6 is 23.2 Å². The second-order valence-corrected chi connectivity index (χ2v) is 7.66. The lowest BCUT2D eigenvalue weighted by Crippen LogP contribution is -2.19. The van der Waals surface area contributed by atoms with Crippen LogP contribution in [0.1, 0.15) is 24.1 Å². The molecule has 0 aliphatic rings. The zero-order valence-electron chi connectivity index (χ0n) is 12.7. The maximum absolute atomic E-state index is 13.1. The summed E-state index contributed by atoms with van der Waals surface area (Å²) in [6.07, 6.45) is -4.87. The summed E-state index contributed by atoms with van der Waals surface area (Å²) in [6.45, 7) is 1.69. The molecule has 0 aliphatic carbocycles. The van der Waals surface area contributed by atoms with E-state index in [-0.39, 0.29) is 5.69 Å². The third kappa shape index (κ3) is 4.78. The molecule has 0 radical (unpaired) electrons. The molecule has 0 spiro atoms. The number of rotatable bonds is 4. The van der Waals surface area contributed by atoms with Gasteiger partial charge in [0.1, 0.15) is 0 Å². The van der Waals surface area contributed by atoms with E-state index in [2.05, 4.69) is 5.32 Å². The van der Waals surface area contributed by atoms with Gasteiger partial charge in [0, 0.05) is 21.8 Å². The molecule has 25 heavy (non-hydrogen) atoms. The first-order valence-electron chi connectivity index (χ1n) is 6.85. The Hall–Kier alpha value is -1.48. The minimum absolute atomic E-state index is 0.0678. The van der Waals surface area contributed by atoms with E-state index < -0.39 is 32.7 Å². The van der Waals surface area contributed by atoms with Crippen molar-refractivity contribution in [3.8, 4) is 0 Å². The van der Waals surface area contributed by atoms with E-state index in [1.165, 1.54) is 12.1 Å². The fourth-order valence-electron chi connectivity index (χ4n) is 2.27. The van der Waals surface area contributed by atoms with Crippen molar-refractivity contribution in [3.63, 3.8) is 0 Å². The van der Waals surface area contributed by atoms with Crippen LogP contribution < -0.4 is 10.5 Å². The van der Waals surface area contributed by atoms with Crippen LogP contribution in [0, 0.1) is 0 Å². The molecule has 136 valence electrons. The topological polar surface area (TPSA) is 72.2 Å². The highest BCUT2D eigenvalue weighted by atomic mass is 35.5. The van der Waals surface area contributed by atoms with E-state index in [9.17, 15) is 21.6 Å². The lowest BCUT2D eigenvalue weighted by atomic mass is 10.1. The first-order valence-corrected chi connectivity index (χ1v) is 9.15. The highest BCUT2D eigenvalue weighted by Crippen LogP contribution is 2.36. The number of alkyl halides is 3. The fraction of sp³-hybridized carbons (Fsp3) is 0.200. The summed E-state index contributed by atoms with van der Waals surface area (Å²) >= 11 is 11.9. The van der Waals surface area contributed by atoms with E-state index in [1.807, 2.05) is 0 Å². The number of anilines is 1. The lowest BCUT2D eigenvalue weighted by Gasteiger charge is -2.19. The van der Waals surface area contributed by atoms with Crippen molar-refractivity contribution in [2.45, 2.75) is 24.0 Å². The van der Waals surface area contributed by atoms with Crippen molar-refractivity contribution in [2.24, 2.45) is 5.14 Å². The van der Waals surface area contributed by atoms with Gasteiger partial charge < -0.3 is 5.32 Å². The molecule has 0 bridgehead atoms. The summed E-state index contributed by atoms with van der Waals surface area (Å²) in [6, 6.07) is 7.03. The van der Waals surface area contributed by atoms with E-state index >= 15 is 0 Å². The maximum atomic E-state index is 13.1. The molecule has 3 N–H and O–H groups in total. The summed E-state index contributed by atoms with van der Waals surface area (Å²) in [5.74, 6) is 0. The van der Waals surface area contributed by atoms with Crippen LogP contribution in [0.25, 0.3) is 0 Å². The SMILES string of the molecule is C[C@H](Nc1ccc(S(N)(=O)=O)c(C(F)(F)F)c1)c1ccc(Cl)cc1Cl. The normalized spacial score (nSPS) is 13.6. The number of halogens is 5. The number of nitrogens with one attached hydrogen (secondary N) is 1. The van der Waals surface area contributed by atoms with Crippen molar-refractivity contribution in [1.29, 1.82) is 0 Å². The molecule has 0 unspecified atom stereocenters. The van der Waals surface area contributed by atoms with Gasteiger partial charge in [0.05, 0.1) is 10.5 Å². The minimum atomic E-state index is -4.87. The molecule has 0 saturated carbocycles. The van der Waals surface area contributed by atoms with Gasteiger partial charge >= 0.3 is 6.18 Å². The van der Waals surface area contributed by atoms with Crippen molar-refractivity contribution in [2.75, 3.05) is 5.32 Å². The number of nitrogens with two attached hydrogens (primary N) is 1. The van der Waals surface area contributed by atoms with Crippen LogP contribution in [-0.2, 0) is 16.2 Å². The standard InChI is InChI=1S/C15H13Cl2F3N2O2S/c1-8(11-4-2-9(16)6-13(11)17)22-10-3-5-14(25(21,23)24)12(7-10)15(18,19)20/h2-8,22H,1H3,(H2,21,23,24)/t8-/m0/s1. The fourth-order valence-corrected chi connectivity index (χ4v) is 3.58. The summed E-state index contributed by atoms with van der Waals surface area (Å²) in [5.41, 5.74) is -0.650. The number of primary sulfonamides is 1. The van der Waals surface area contributed by atoms with Crippen molar-refractivity contribution >= 4 is 38.9 Å². The third-order valence-electron chi connectivity index (χ3n) is 3.40. The summed E-state index contributed by atoms with van der Waals surface area (Å²) in [4.78, 5) is -0.984. The Bertz CT molecular complexity index is 902. The summed E-state index contributed by atoms with van der Waals surface area (Å²) in [5, 5.41) is 8.48. The van der Waals surface area contributed by atoms with Crippen molar-refractivity contribution in [3.05, 3.63) is 57.6 Å². The Kier molecular flexibility index (Phi) is 5.58. The Labute approximate surface area is 152 Å². The molecule has 0 saturated heterocycles. The summed E-state index contributed by atoms with van der Waals surface area (Å²) in [7, 11) is -4.51. The second-order valence-electron chi connectivity index (χ2n) is 5.29. The highest BCUT2D eigenvalue weighted by Gasteiger charge is 2.36. The van der Waals surface area contributed by atoms with Gasteiger partial charge in [0.2, 0.25) is 10.0 Å². The molecular weight excluding hydrogens is 400 g/mol. The molecule has 2 aromatic carbocycles. The summed E-state index contributed by atoms with van der Waals surface area (Å²) < 4.78 is 62.2. The molecule has 4 nitrogen and oxygen atoms in total. The van der Waals surface area contributed by atoms with Gasteiger partial charge in [-0.3, -0.25) is 0 Å². The molecule has 2 rings (SSSR count). The Balaban J connectivity index is 2.40. The second kappa shape index (κ2) is 7.03. The quantitative estimate of drug-likeness (QED) is 0.754. The Morgan fingerprint density at radius 1 is 1.12 bits per heavy atom. The predicted molar refractivity (Wildman–Crippen MR) is 91.3 cm³/mol. The smallest absolute Gasteiger partial charge is 0.378 e. The average Bonchev–Trinajstić information content (AvgIpc) is 2.44. The molecule has 0 fully saturated rings. The van der Waals surface area contributed by atoms with Crippen LogP contribution in [0.4, 0.5) is 18.9 Å². The average molecular weight is 413 g/mol. The van der Waals surface area contributed by atoms with Crippen LogP contribution in [-0.4, -0.2) is 8.42 Å². The van der Waals surface area contributed by atoms with Gasteiger partial charge in [-0.1, -0.05) is 29.3 Å². The zero-order valence-corrected chi connectivity index (χ0v) is 15.1. The van der Waals surface area contributed by atoms with E-state index in [0.29, 0.717) is 21.7 Å².